The van der Waals surface area contributed by atoms with Gasteiger partial charge in [0.1, 0.15) is 5.82 Å². The first-order valence-electron chi connectivity index (χ1n) is 9.55. The zero-order chi connectivity index (χ0) is 20.8. The summed E-state index contributed by atoms with van der Waals surface area (Å²) in [6, 6.07) is 16.3. The molecule has 3 aromatic rings. The van der Waals surface area contributed by atoms with Crippen molar-refractivity contribution < 1.29 is 9.18 Å². The van der Waals surface area contributed by atoms with Gasteiger partial charge in [-0.3, -0.25) is 9.69 Å². The summed E-state index contributed by atoms with van der Waals surface area (Å²) < 4.78 is 16.0. The second kappa shape index (κ2) is 9.80. The lowest BCUT2D eigenvalue weighted by Crippen LogP contribution is -2.23. The predicted molar refractivity (Wildman–Crippen MR) is 114 cm³/mol. The average Bonchev–Trinajstić information content (AvgIpc) is 3.10. The van der Waals surface area contributed by atoms with Crippen LogP contribution in [-0.4, -0.2) is 45.3 Å². The summed E-state index contributed by atoms with van der Waals surface area (Å²) >= 11 is 1.29. The highest BCUT2D eigenvalue weighted by Gasteiger charge is 2.23. The van der Waals surface area contributed by atoms with Crippen molar-refractivity contribution >= 4 is 17.5 Å². The van der Waals surface area contributed by atoms with Crippen LogP contribution in [0.4, 0.5) is 4.39 Å². The third-order valence-electron chi connectivity index (χ3n) is 4.74. The van der Waals surface area contributed by atoms with E-state index in [0.29, 0.717) is 11.7 Å². The summed E-state index contributed by atoms with van der Waals surface area (Å²) in [5, 5.41) is 9.45. The fraction of sp³-hybridized carbons (Fsp3) is 0.318. The van der Waals surface area contributed by atoms with Crippen LogP contribution in [0.1, 0.15) is 41.1 Å². The zero-order valence-electron chi connectivity index (χ0n) is 16.9. The standard InChI is InChI=1S/C22H25FN4OS/c1-4-19(26(2)3)21-24-25-22(27(21)14-16-10-6-5-7-11-16)29-15-20(28)17-12-8-9-13-18(17)23/h5-13,19H,4,14-15H2,1-3H3/t19-/m0/s1. The average molecular weight is 413 g/mol. The molecule has 0 spiro atoms. The molecule has 0 unspecified atom stereocenters. The van der Waals surface area contributed by atoms with Gasteiger partial charge in [-0.1, -0.05) is 61.2 Å². The summed E-state index contributed by atoms with van der Waals surface area (Å²) in [7, 11) is 4.04. The Bertz CT molecular complexity index is 958. The molecule has 0 saturated heterocycles. The van der Waals surface area contributed by atoms with Gasteiger partial charge >= 0.3 is 0 Å². The molecule has 29 heavy (non-hydrogen) atoms. The van der Waals surface area contributed by atoms with Crippen molar-refractivity contribution in [3.8, 4) is 0 Å². The number of carbonyl (C=O) groups is 1. The number of halogens is 1. The van der Waals surface area contributed by atoms with E-state index in [-0.39, 0.29) is 23.1 Å². The first kappa shape index (κ1) is 21.2. The molecule has 0 aliphatic carbocycles. The van der Waals surface area contributed by atoms with Crippen molar-refractivity contribution in [3.05, 3.63) is 77.4 Å². The highest BCUT2D eigenvalue weighted by molar-refractivity contribution is 7.99. The van der Waals surface area contributed by atoms with Crippen molar-refractivity contribution in [2.45, 2.75) is 31.1 Å². The van der Waals surface area contributed by atoms with E-state index >= 15 is 0 Å². The molecule has 0 saturated carbocycles. The number of rotatable bonds is 9. The van der Waals surface area contributed by atoms with Gasteiger partial charge in [0.05, 0.1) is 23.9 Å². The van der Waals surface area contributed by atoms with Crippen LogP contribution in [0.5, 0.6) is 0 Å². The molecule has 0 radical (unpaired) electrons. The van der Waals surface area contributed by atoms with Crippen molar-refractivity contribution in [2.24, 2.45) is 0 Å². The number of hydrogen-bond donors (Lipinski definition) is 0. The Morgan fingerprint density at radius 1 is 1.10 bits per heavy atom. The number of aromatic nitrogens is 3. The smallest absolute Gasteiger partial charge is 0.192 e. The van der Waals surface area contributed by atoms with E-state index in [1.54, 1.807) is 12.1 Å². The maximum Gasteiger partial charge on any atom is 0.192 e. The van der Waals surface area contributed by atoms with Gasteiger partial charge in [-0.05, 0) is 38.2 Å². The van der Waals surface area contributed by atoms with Crippen molar-refractivity contribution in [3.63, 3.8) is 0 Å². The molecular formula is C22H25FN4OS. The van der Waals surface area contributed by atoms with Crippen LogP contribution >= 0.6 is 11.8 Å². The van der Waals surface area contributed by atoms with Crippen LogP contribution in [0.3, 0.4) is 0 Å². The van der Waals surface area contributed by atoms with E-state index in [4.69, 9.17) is 0 Å². The number of ketones is 1. The second-order valence-electron chi connectivity index (χ2n) is 6.99. The molecule has 152 valence electrons. The minimum atomic E-state index is -0.497. The van der Waals surface area contributed by atoms with Gasteiger partial charge < -0.3 is 4.57 Å². The monoisotopic (exact) mass is 412 g/mol. The van der Waals surface area contributed by atoms with E-state index in [2.05, 4.69) is 38.7 Å². The van der Waals surface area contributed by atoms with Gasteiger partial charge in [0.2, 0.25) is 0 Å². The number of nitrogens with zero attached hydrogens (tertiary/aromatic N) is 4. The SMILES string of the molecule is CC[C@@H](c1nnc(SCC(=O)c2ccccc2F)n1Cc1ccccc1)N(C)C. The zero-order valence-corrected chi connectivity index (χ0v) is 17.7. The molecule has 0 aliphatic rings. The summed E-state index contributed by atoms with van der Waals surface area (Å²) in [6.45, 7) is 2.73. The molecule has 0 bridgehead atoms. The van der Waals surface area contributed by atoms with E-state index in [0.717, 1.165) is 17.8 Å². The second-order valence-corrected chi connectivity index (χ2v) is 7.93. The van der Waals surface area contributed by atoms with E-state index in [9.17, 15) is 9.18 Å². The molecule has 1 heterocycles. The van der Waals surface area contributed by atoms with Crippen LogP contribution in [-0.2, 0) is 6.54 Å². The Balaban J connectivity index is 1.86. The Hall–Kier alpha value is -2.51. The lowest BCUT2D eigenvalue weighted by atomic mass is 10.1. The van der Waals surface area contributed by atoms with Gasteiger partial charge in [-0.2, -0.15) is 0 Å². The molecule has 3 rings (SSSR count). The van der Waals surface area contributed by atoms with Crippen molar-refractivity contribution in [2.75, 3.05) is 19.8 Å². The van der Waals surface area contributed by atoms with E-state index < -0.39 is 5.82 Å². The third kappa shape index (κ3) is 5.10. The molecule has 0 amide bonds. The normalized spacial score (nSPS) is 12.3. The molecule has 5 nitrogen and oxygen atoms in total. The van der Waals surface area contributed by atoms with Crippen LogP contribution < -0.4 is 0 Å². The molecule has 0 fully saturated rings. The fourth-order valence-corrected chi connectivity index (χ4v) is 4.07. The summed E-state index contributed by atoms with van der Waals surface area (Å²) in [5.74, 6) is 0.209. The highest BCUT2D eigenvalue weighted by Crippen LogP contribution is 2.27. The van der Waals surface area contributed by atoms with Crippen LogP contribution in [0.25, 0.3) is 0 Å². The van der Waals surface area contributed by atoms with Crippen LogP contribution in [0.15, 0.2) is 59.8 Å². The maximum atomic E-state index is 13.9. The lowest BCUT2D eigenvalue weighted by Gasteiger charge is -2.23. The number of benzene rings is 2. The Kier molecular flexibility index (Phi) is 7.17. The molecule has 0 N–H and O–H groups in total. The molecule has 0 aliphatic heterocycles. The summed E-state index contributed by atoms with van der Waals surface area (Å²) in [4.78, 5) is 14.6. The van der Waals surface area contributed by atoms with Gasteiger partial charge in [0, 0.05) is 0 Å². The number of hydrogen-bond acceptors (Lipinski definition) is 5. The summed E-state index contributed by atoms with van der Waals surface area (Å²) in [5.41, 5.74) is 1.23. The van der Waals surface area contributed by atoms with Gasteiger partial charge in [-0.15, -0.1) is 10.2 Å². The van der Waals surface area contributed by atoms with E-state index in [1.807, 2.05) is 32.3 Å². The highest BCUT2D eigenvalue weighted by atomic mass is 32.2. The lowest BCUT2D eigenvalue weighted by molar-refractivity contribution is 0.101. The maximum absolute atomic E-state index is 13.9. The predicted octanol–water partition coefficient (Wildman–Crippen LogP) is 4.45. The first-order chi connectivity index (χ1) is 14.0. The number of Topliss-reactive ketones (excluding diaryl/α,β-unsaturated/α-hetero) is 1. The molecule has 1 aromatic heterocycles. The Morgan fingerprint density at radius 3 is 2.45 bits per heavy atom. The fourth-order valence-electron chi connectivity index (χ4n) is 3.24. The first-order valence-corrected chi connectivity index (χ1v) is 10.5. The number of carbonyl (C=O) groups excluding carboxylic acids is 1. The van der Waals surface area contributed by atoms with Gasteiger partial charge in [-0.25, -0.2) is 4.39 Å². The van der Waals surface area contributed by atoms with Gasteiger partial charge in [0.25, 0.3) is 0 Å². The third-order valence-corrected chi connectivity index (χ3v) is 5.71. The minimum absolute atomic E-state index is 0.104. The minimum Gasteiger partial charge on any atom is -0.300 e. The summed E-state index contributed by atoms with van der Waals surface area (Å²) in [6.07, 6.45) is 0.888. The Morgan fingerprint density at radius 2 is 1.79 bits per heavy atom. The van der Waals surface area contributed by atoms with Crippen molar-refractivity contribution in [1.82, 2.24) is 19.7 Å². The number of thioether (sulfide) groups is 1. The molecule has 1 atom stereocenters. The quantitative estimate of drug-likeness (QED) is 0.384. The Labute approximate surface area is 175 Å². The van der Waals surface area contributed by atoms with Crippen molar-refractivity contribution in [1.29, 1.82) is 0 Å². The molecule has 2 aromatic carbocycles. The topological polar surface area (TPSA) is 51.0 Å². The molecular weight excluding hydrogens is 387 g/mol. The van der Waals surface area contributed by atoms with Crippen LogP contribution in [0, 0.1) is 5.82 Å². The van der Waals surface area contributed by atoms with Crippen LogP contribution in [0.2, 0.25) is 0 Å². The molecule has 7 heteroatoms. The largest absolute Gasteiger partial charge is 0.300 e. The van der Waals surface area contributed by atoms with Gasteiger partial charge in [0.15, 0.2) is 16.8 Å². The van der Waals surface area contributed by atoms with E-state index in [1.165, 1.54) is 23.9 Å².